The fraction of sp³-hybridized carbons (Fsp3) is 0.100. The van der Waals surface area contributed by atoms with Crippen LogP contribution in [0.3, 0.4) is 0 Å². The number of pyridine rings is 1. The van der Waals surface area contributed by atoms with Crippen LogP contribution in [-0.2, 0) is 7.05 Å². The molecule has 0 aliphatic heterocycles. The van der Waals surface area contributed by atoms with Gasteiger partial charge in [-0.3, -0.25) is 9.79 Å². The summed E-state index contributed by atoms with van der Waals surface area (Å²) in [6.07, 6.45) is 2.96. The molecular formula is C20H19F2N5O. The third-order valence-corrected chi connectivity index (χ3v) is 4.25. The Balaban J connectivity index is 2.21. The molecule has 1 aromatic heterocycles. The van der Waals surface area contributed by atoms with Crippen LogP contribution in [0.15, 0.2) is 52.4 Å². The minimum atomic E-state index is -0.741. The molecule has 0 atom stereocenters. The number of aliphatic imine (C=N–C) groups is 1. The Hall–Kier alpha value is -3.68. The van der Waals surface area contributed by atoms with Crippen LogP contribution in [-0.4, -0.2) is 17.8 Å². The Morgan fingerprint density at radius 1 is 1.07 bits per heavy atom. The van der Waals surface area contributed by atoms with E-state index >= 15 is 0 Å². The number of anilines is 4. The standard InChI is InChI=1S/C20H19F2N5O/c1-25-9-14-19(24)15(10-27(2)20(14)28)13-8-12(23)4-6-17(13)26-18-5-3-11(21)7-16(18)22/h3-10,26H,23-24H2,1-2H3. The van der Waals surface area contributed by atoms with Crippen LogP contribution < -0.4 is 22.3 Å². The van der Waals surface area contributed by atoms with Crippen molar-refractivity contribution in [2.75, 3.05) is 23.8 Å². The molecule has 0 fully saturated rings. The number of aryl methyl sites for hydroxylation is 1. The Bertz CT molecular complexity index is 1140. The molecule has 144 valence electrons. The summed E-state index contributed by atoms with van der Waals surface area (Å²) in [6.45, 7) is 0. The van der Waals surface area contributed by atoms with Crippen LogP contribution in [0.2, 0.25) is 0 Å². The second-order valence-electron chi connectivity index (χ2n) is 6.23. The smallest absolute Gasteiger partial charge is 0.261 e. The summed E-state index contributed by atoms with van der Waals surface area (Å²) in [5.41, 5.74) is 14.5. The van der Waals surface area contributed by atoms with E-state index in [0.717, 1.165) is 12.1 Å². The topological polar surface area (TPSA) is 98.4 Å². The highest BCUT2D eigenvalue weighted by atomic mass is 19.1. The number of nitrogens with one attached hydrogen (secondary N) is 1. The third-order valence-electron chi connectivity index (χ3n) is 4.25. The average Bonchev–Trinajstić information content (AvgIpc) is 2.65. The number of rotatable bonds is 4. The van der Waals surface area contributed by atoms with Gasteiger partial charge < -0.3 is 21.4 Å². The monoisotopic (exact) mass is 383 g/mol. The van der Waals surface area contributed by atoms with Crippen molar-refractivity contribution >= 4 is 29.0 Å². The second kappa shape index (κ2) is 7.51. The zero-order chi connectivity index (χ0) is 20.4. The van der Waals surface area contributed by atoms with Gasteiger partial charge in [0.1, 0.15) is 11.6 Å². The molecule has 0 spiro atoms. The molecule has 0 saturated heterocycles. The molecular weight excluding hydrogens is 364 g/mol. The van der Waals surface area contributed by atoms with Crippen LogP contribution >= 0.6 is 0 Å². The van der Waals surface area contributed by atoms with Crippen LogP contribution in [0.1, 0.15) is 5.56 Å². The first-order chi connectivity index (χ1) is 13.3. The highest BCUT2D eigenvalue weighted by molar-refractivity contribution is 5.96. The van der Waals surface area contributed by atoms with E-state index in [4.69, 9.17) is 11.5 Å². The number of hydrogen-bond acceptors (Lipinski definition) is 5. The fourth-order valence-corrected chi connectivity index (χ4v) is 2.87. The van der Waals surface area contributed by atoms with Crippen molar-refractivity contribution in [1.82, 2.24) is 4.57 Å². The predicted octanol–water partition coefficient (Wildman–Crippen LogP) is 3.29. The molecule has 0 saturated carbocycles. The van der Waals surface area contributed by atoms with Crippen molar-refractivity contribution in [3.05, 3.63) is 70.1 Å². The molecule has 6 nitrogen and oxygen atoms in total. The van der Waals surface area contributed by atoms with Crippen LogP contribution in [0.5, 0.6) is 0 Å². The Kier molecular flexibility index (Phi) is 5.12. The quantitative estimate of drug-likeness (QED) is 0.476. The van der Waals surface area contributed by atoms with E-state index in [1.807, 2.05) is 0 Å². The summed E-state index contributed by atoms with van der Waals surface area (Å²) in [5.74, 6) is -1.42. The number of benzene rings is 2. The maximum atomic E-state index is 14.1. The van der Waals surface area contributed by atoms with E-state index in [1.165, 1.54) is 23.9 Å². The maximum absolute atomic E-state index is 14.1. The first kappa shape index (κ1) is 19.1. The molecule has 0 unspecified atom stereocenters. The van der Waals surface area contributed by atoms with Gasteiger partial charge in [0.2, 0.25) is 0 Å². The van der Waals surface area contributed by atoms with Gasteiger partial charge in [-0.05, 0) is 30.3 Å². The van der Waals surface area contributed by atoms with E-state index in [2.05, 4.69) is 10.3 Å². The highest BCUT2D eigenvalue weighted by Gasteiger charge is 2.16. The first-order valence-corrected chi connectivity index (χ1v) is 8.35. The van der Waals surface area contributed by atoms with E-state index in [9.17, 15) is 13.6 Å². The van der Waals surface area contributed by atoms with Crippen LogP contribution in [0.4, 0.5) is 31.5 Å². The number of halogens is 2. The van der Waals surface area contributed by atoms with Gasteiger partial charge in [-0.1, -0.05) is 0 Å². The molecule has 0 radical (unpaired) electrons. The van der Waals surface area contributed by atoms with Crippen LogP contribution in [0, 0.1) is 11.6 Å². The minimum absolute atomic E-state index is 0.0890. The molecule has 0 amide bonds. The molecule has 0 aliphatic rings. The van der Waals surface area contributed by atoms with Crippen molar-refractivity contribution in [2.24, 2.45) is 12.0 Å². The van der Waals surface area contributed by atoms with Crippen molar-refractivity contribution in [3.63, 3.8) is 0 Å². The van der Waals surface area contributed by atoms with E-state index in [-0.39, 0.29) is 22.5 Å². The summed E-state index contributed by atoms with van der Waals surface area (Å²) in [5, 5.41) is 2.93. The predicted molar refractivity (Wildman–Crippen MR) is 109 cm³/mol. The molecule has 8 heteroatoms. The summed E-state index contributed by atoms with van der Waals surface area (Å²) in [6, 6.07) is 8.19. The van der Waals surface area contributed by atoms with Gasteiger partial charge in [0.15, 0.2) is 0 Å². The lowest BCUT2D eigenvalue weighted by molar-refractivity contribution is 0.586. The van der Waals surface area contributed by atoms with Gasteiger partial charge in [0, 0.05) is 55.1 Å². The highest BCUT2D eigenvalue weighted by Crippen LogP contribution is 2.36. The van der Waals surface area contributed by atoms with E-state index < -0.39 is 11.6 Å². The molecule has 0 aliphatic carbocycles. The van der Waals surface area contributed by atoms with Crippen LogP contribution in [0.25, 0.3) is 11.1 Å². The summed E-state index contributed by atoms with van der Waals surface area (Å²) < 4.78 is 28.7. The van der Waals surface area contributed by atoms with Crippen molar-refractivity contribution in [3.8, 4) is 11.1 Å². The number of nitrogens with two attached hydrogens (primary N) is 2. The first-order valence-electron chi connectivity index (χ1n) is 8.35. The Morgan fingerprint density at radius 3 is 2.46 bits per heavy atom. The second-order valence-corrected chi connectivity index (χ2v) is 6.23. The number of nitrogen functional groups attached to an aromatic ring is 2. The summed E-state index contributed by atoms with van der Waals surface area (Å²) in [4.78, 5) is 16.2. The minimum Gasteiger partial charge on any atom is -0.399 e. The fourth-order valence-electron chi connectivity index (χ4n) is 2.87. The van der Waals surface area contributed by atoms with Crippen molar-refractivity contribution in [1.29, 1.82) is 0 Å². The average molecular weight is 383 g/mol. The summed E-state index contributed by atoms with van der Waals surface area (Å²) >= 11 is 0. The van der Waals surface area contributed by atoms with E-state index in [1.54, 1.807) is 31.4 Å². The lowest BCUT2D eigenvalue weighted by Gasteiger charge is -2.17. The van der Waals surface area contributed by atoms with E-state index in [0.29, 0.717) is 22.5 Å². The largest absolute Gasteiger partial charge is 0.399 e. The van der Waals surface area contributed by atoms with Gasteiger partial charge in [-0.15, -0.1) is 0 Å². The lowest BCUT2D eigenvalue weighted by Crippen LogP contribution is -2.23. The number of hydrogen-bond donors (Lipinski definition) is 3. The number of nitrogens with zero attached hydrogens (tertiary/aromatic N) is 2. The van der Waals surface area contributed by atoms with Gasteiger partial charge in [0.05, 0.1) is 16.9 Å². The van der Waals surface area contributed by atoms with Gasteiger partial charge in [-0.2, -0.15) is 0 Å². The molecule has 28 heavy (non-hydrogen) atoms. The Labute approximate surface area is 160 Å². The lowest BCUT2D eigenvalue weighted by atomic mass is 10.00. The summed E-state index contributed by atoms with van der Waals surface area (Å²) in [7, 11) is 3.13. The van der Waals surface area contributed by atoms with Crippen molar-refractivity contribution < 1.29 is 8.78 Å². The zero-order valence-corrected chi connectivity index (χ0v) is 15.3. The number of aromatic nitrogens is 1. The third kappa shape index (κ3) is 3.57. The van der Waals surface area contributed by atoms with Crippen molar-refractivity contribution in [2.45, 2.75) is 0 Å². The van der Waals surface area contributed by atoms with Gasteiger partial charge in [-0.25, -0.2) is 8.78 Å². The molecule has 2 aromatic carbocycles. The maximum Gasteiger partial charge on any atom is 0.261 e. The molecule has 1 heterocycles. The molecule has 3 aromatic rings. The molecule has 3 rings (SSSR count). The normalized spacial score (nSPS) is 11.1. The SMILES string of the molecule is CN=Cc1c(N)c(-c2cc(N)ccc2Nc2ccc(F)cc2F)cn(C)c1=O. The van der Waals surface area contributed by atoms with Gasteiger partial charge >= 0.3 is 0 Å². The molecule has 0 bridgehead atoms. The zero-order valence-electron chi connectivity index (χ0n) is 15.3. The van der Waals surface area contributed by atoms with Gasteiger partial charge in [0.25, 0.3) is 5.56 Å². The molecule has 5 N–H and O–H groups in total. The Morgan fingerprint density at radius 2 is 1.79 bits per heavy atom.